The lowest BCUT2D eigenvalue weighted by Crippen LogP contribution is -2.36. The lowest BCUT2D eigenvalue weighted by atomic mass is 10.1. The first-order valence-corrected chi connectivity index (χ1v) is 13.0. The van der Waals surface area contributed by atoms with Crippen molar-refractivity contribution in [2.75, 3.05) is 13.2 Å². The van der Waals surface area contributed by atoms with Crippen LogP contribution in [0.25, 0.3) is 6.08 Å². The number of carbonyl (C=O) groups excluding carboxylic acids is 2. The predicted molar refractivity (Wildman–Crippen MR) is 147 cm³/mol. The number of alkyl halides is 5. The van der Waals surface area contributed by atoms with Gasteiger partial charge >= 0.3 is 24.0 Å². The molecule has 0 atom stereocenters. The van der Waals surface area contributed by atoms with Gasteiger partial charge in [0.05, 0.1) is 34.7 Å². The molecule has 0 aromatic heterocycles. The van der Waals surface area contributed by atoms with Crippen molar-refractivity contribution in [1.29, 1.82) is 0 Å². The van der Waals surface area contributed by atoms with Gasteiger partial charge in [0, 0.05) is 36.6 Å². The average Bonchev–Trinajstić information content (AvgIpc) is 2.98. The third-order valence-electron chi connectivity index (χ3n) is 6.07. The maximum absolute atomic E-state index is 14.4. The average molecular weight is 656 g/mol. The van der Waals surface area contributed by atoms with Crippen molar-refractivity contribution in [3.8, 4) is 11.5 Å². The van der Waals surface area contributed by atoms with Gasteiger partial charge in [-0.25, -0.2) is 14.0 Å². The highest BCUT2D eigenvalue weighted by atomic mass is 19.4. The minimum absolute atomic E-state index is 0.000242. The summed E-state index contributed by atoms with van der Waals surface area (Å²) in [6, 6.07) is 11.5. The van der Waals surface area contributed by atoms with Gasteiger partial charge in [-0.05, 0) is 48.4 Å². The van der Waals surface area contributed by atoms with E-state index in [1.807, 2.05) is 0 Å². The molecule has 0 amide bonds. The number of rotatable bonds is 14. The number of non-ortho nitro benzene ring substituents is 1. The molecular weight excluding hydrogens is 634 g/mol. The number of halogens is 6. The first kappa shape index (κ1) is 35.0. The van der Waals surface area contributed by atoms with E-state index in [1.165, 1.54) is 36.4 Å². The Morgan fingerprint density at radius 1 is 0.848 bits per heavy atom. The van der Waals surface area contributed by atoms with E-state index < -0.39 is 76.1 Å². The molecule has 244 valence electrons. The standard InChI is InChI=1S/C29H22F6N2O9/c30-24-17-22(44-14-1-13-28(31,32)29(33,34)35)9-10-23(24)27(39)46-21-7-2-18(3-8-21)4-11-26(38)45-15-12-19-5-6-20(36(40)41)16-25(19)37(42)43/h2-11,16-17H,1,12-15H2. The molecular formula is C29H22F6N2O9. The Kier molecular flexibility index (Phi) is 11.4. The Labute approximate surface area is 255 Å². The van der Waals surface area contributed by atoms with E-state index in [9.17, 15) is 56.2 Å². The van der Waals surface area contributed by atoms with Crippen molar-refractivity contribution in [1.82, 2.24) is 0 Å². The summed E-state index contributed by atoms with van der Waals surface area (Å²) >= 11 is 0. The molecule has 0 unspecified atom stereocenters. The minimum atomic E-state index is -5.69. The molecule has 0 spiro atoms. The smallest absolute Gasteiger partial charge is 0.453 e. The molecule has 0 heterocycles. The fourth-order valence-corrected chi connectivity index (χ4v) is 3.71. The van der Waals surface area contributed by atoms with E-state index in [-0.39, 0.29) is 30.1 Å². The molecule has 0 saturated heterocycles. The summed E-state index contributed by atoms with van der Waals surface area (Å²) in [5.41, 5.74) is -0.854. The van der Waals surface area contributed by atoms with Crippen molar-refractivity contribution in [3.63, 3.8) is 0 Å². The SMILES string of the molecule is O=C(C=Cc1ccc(OC(=O)c2ccc(OCCCC(F)(F)C(F)(F)F)cc2F)cc1)OCCc1ccc([N+](=O)[O-])cc1[N+](=O)[O-]. The van der Waals surface area contributed by atoms with Crippen molar-refractivity contribution >= 4 is 29.4 Å². The Morgan fingerprint density at radius 2 is 1.52 bits per heavy atom. The Bertz CT molecular complexity index is 1630. The molecule has 3 aromatic rings. The lowest BCUT2D eigenvalue weighted by molar-refractivity contribution is -0.394. The molecule has 3 rings (SSSR count). The van der Waals surface area contributed by atoms with Gasteiger partial charge in [-0.2, -0.15) is 22.0 Å². The summed E-state index contributed by atoms with van der Waals surface area (Å²) in [5.74, 6) is -8.07. The number of nitro benzene ring substituents is 2. The van der Waals surface area contributed by atoms with Crippen molar-refractivity contribution in [2.24, 2.45) is 0 Å². The second-order valence-corrected chi connectivity index (χ2v) is 9.33. The van der Waals surface area contributed by atoms with Crippen LogP contribution in [-0.2, 0) is 16.0 Å². The van der Waals surface area contributed by atoms with Gasteiger partial charge in [0.25, 0.3) is 11.4 Å². The summed E-state index contributed by atoms with van der Waals surface area (Å²) in [7, 11) is 0. The molecule has 0 fully saturated rings. The number of ether oxygens (including phenoxy) is 3. The van der Waals surface area contributed by atoms with E-state index >= 15 is 0 Å². The number of nitro groups is 2. The summed E-state index contributed by atoms with van der Waals surface area (Å²) in [5, 5.41) is 22.0. The van der Waals surface area contributed by atoms with Gasteiger partial charge < -0.3 is 14.2 Å². The summed E-state index contributed by atoms with van der Waals surface area (Å²) in [6.45, 7) is -0.804. The topological polar surface area (TPSA) is 148 Å². The van der Waals surface area contributed by atoms with Crippen LogP contribution in [-0.4, -0.2) is 47.1 Å². The fourth-order valence-electron chi connectivity index (χ4n) is 3.71. The summed E-state index contributed by atoms with van der Waals surface area (Å²) in [4.78, 5) is 44.9. The molecule has 0 radical (unpaired) electrons. The number of benzene rings is 3. The predicted octanol–water partition coefficient (Wildman–Crippen LogP) is 7.02. The van der Waals surface area contributed by atoms with Gasteiger partial charge in [0.15, 0.2) is 0 Å². The minimum Gasteiger partial charge on any atom is -0.493 e. The Hall–Kier alpha value is -5.48. The summed E-state index contributed by atoms with van der Waals surface area (Å²) < 4.78 is 92.0. The molecule has 0 bridgehead atoms. The van der Waals surface area contributed by atoms with Crippen LogP contribution < -0.4 is 9.47 Å². The van der Waals surface area contributed by atoms with E-state index in [1.54, 1.807) is 0 Å². The van der Waals surface area contributed by atoms with Crippen molar-refractivity contribution in [2.45, 2.75) is 31.4 Å². The molecule has 0 aliphatic heterocycles. The van der Waals surface area contributed by atoms with E-state index in [0.29, 0.717) is 5.56 Å². The third kappa shape index (κ3) is 9.76. The number of hydrogen-bond acceptors (Lipinski definition) is 9. The second kappa shape index (κ2) is 15.0. The number of carbonyl (C=O) groups is 2. The third-order valence-corrected chi connectivity index (χ3v) is 6.07. The maximum atomic E-state index is 14.4. The zero-order chi connectivity index (χ0) is 34.1. The number of hydrogen-bond donors (Lipinski definition) is 0. The normalized spacial score (nSPS) is 11.7. The van der Waals surface area contributed by atoms with Crippen molar-refractivity contribution in [3.05, 3.63) is 109 Å². The molecule has 17 heteroatoms. The van der Waals surface area contributed by atoms with Crippen molar-refractivity contribution < 1.29 is 60.0 Å². The lowest BCUT2D eigenvalue weighted by Gasteiger charge is -2.19. The van der Waals surface area contributed by atoms with E-state index in [4.69, 9.17) is 14.2 Å². The van der Waals surface area contributed by atoms with Crippen LogP contribution in [0.2, 0.25) is 0 Å². The first-order chi connectivity index (χ1) is 21.6. The Balaban J connectivity index is 1.47. The maximum Gasteiger partial charge on any atom is 0.453 e. The van der Waals surface area contributed by atoms with Crippen LogP contribution in [0.3, 0.4) is 0 Å². The van der Waals surface area contributed by atoms with Gasteiger partial charge in [-0.1, -0.05) is 12.1 Å². The Morgan fingerprint density at radius 3 is 2.13 bits per heavy atom. The molecule has 0 saturated carbocycles. The molecule has 46 heavy (non-hydrogen) atoms. The summed E-state index contributed by atoms with van der Waals surface area (Å²) in [6.07, 6.45) is -5.53. The monoisotopic (exact) mass is 656 g/mol. The van der Waals surface area contributed by atoms with Crippen LogP contribution in [0.4, 0.5) is 37.7 Å². The highest BCUT2D eigenvalue weighted by Crippen LogP contribution is 2.38. The molecule has 11 nitrogen and oxygen atoms in total. The second-order valence-electron chi connectivity index (χ2n) is 9.33. The molecule has 3 aromatic carbocycles. The van der Waals surface area contributed by atoms with Crippen LogP contribution in [0.15, 0.2) is 66.7 Å². The first-order valence-electron chi connectivity index (χ1n) is 13.0. The van der Waals surface area contributed by atoms with E-state index in [2.05, 4.69) is 0 Å². The zero-order valence-electron chi connectivity index (χ0n) is 23.3. The van der Waals surface area contributed by atoms with Crippen LogP contribution >= 0.6 is 0 Å². The zero-order valence-corrected chi connectivity index (χ0v) is 23.3. The van der Waals surface area contributed by atoms with Gasteiger partial charge in [-0.15, -0.1) is 0 Å². The fraction of sp³-hybridized carbons (Fsp3) is 0.241. The molecule has 0 N–H and O–H groups in total. The van der Waals surface area contributed by atoms with Gasteiger partial charge in [-0.3, -0.25) is 20.2 Å². The number of esters is 2. The largest absolute Gasteiger partial charge is 0.493 e. The molecule has 0 aliphatic carbocycles. The number of nitrogens with zero attached hydrogens (tertiary/aromatic N) is 2. The van der Waals surface area contributed by atoms with E-state index in [0.717, 1.165) is 36.4 Å². The van der Waals surface area contributed by atoms with Crippen LogP contribution in [0, 0.1) is 26.0 Å². The highest BCUT2D eigenvalue weighted by molar-refractivity contribution is 5.91. The van der Waals surface area contributed by atoms with Crippen LogP contribution in [0.1, 0.15) is 34.3 Å². The van der Waals surface area contributed by atoms with Gasteiger partial charge in [0.2, 0.25) is 0 Å². The highest BCUT2D eigenvalue weighted by Gasteiger charge is 2.56. The molecule has 0 aliphatic rings. The van der Waals surface area contributed by atoms with Crippen LogP contribution in [0.5, 0.6) is 11.5 Å². The quantitative estimate of drug-likeness (QED) is 0.0340. The van der Waals surface area contributed by atoms with Gasteiger partial charge in [0.1, 0.15) is 17.3 Å².